The first-order valence-electron chi connectivity index (χ1n) is 8.66. The molecule has 0 spiro atoms. The van der Waals surface area contributed by atoms with Crippen molar-refractivity contribution in [1.29, 1.82) is 0 Å². The van der Waals surface area contributed by atoms with Gasteiger partial charge >= 0.3 is 0 Å². The highest BCUT2D eigenvalue weighted by molar-refractivity contribution is 7.89. The zero-order valence-electron chi connectivity index (χ0n) is 14.7. The number of morpholine rings is 1. The molecule has 0 aromatic heterocycles. The largest absolute Gasteiger partial charge is 0.379 e. The van der Waals surface area contributed by atoms with Crippen molar-refractivity contribution in [2.24, 2.45) is 5.92 Å². The molecule has 1 saturated heterocycles. The molecule has 0 bridgehead atoms. The number of hydrogen-bond acceptors (Lipinski definition) is 4. The topological polar surface area (TPSA) is 58.6 Å². The van der Waals surface area contributed by atoms with E-state index in [4.69, 9.17) is 27.9 Å². The summed E-state index contributed by atoms with van der Waals surface area (Å²) < 4.78 is 33.6. The van der Waals surface area contributed by atoms with Crippen molar-refractivity contribution >= 4 is 33.2 Å². The average Bonchev–Trinajstić information content (AvgIpc) is 2.59. The lowest BCUT2D eigenvalue weighted by Gasteiger charge is -2.38. The van der Waals surface area contributed by atoms with Crippen molar-refractivity contribution in [1.82, 2.24) is 9.62 Å². The zero-order chi connectivity index (χ0) is 18.4. The van der Waals surface area contributed by atoms with Gasteiger partial charge in [0.1, 0.15) is 4.90 Å². The molecule has 0 aliphatic carbocycles. The first kappa shape index (κ1) is 20.9. The van der Waals surface area contributed by atoms with E-state index in [-0.39, 0.29) is 21.0 Å². The van der Waals surface area contributed by atoms with Gasteiger partial charge in [-0.15, -0.1) is 0 Å². The fraction of sp³-hybridized carbons (Fsp3) is 0.647. The van der Waals surface area contributed by atoms with E-state index in [1.54, 1.807) is 6.07 Å². The van der Waals surface area contributed by atoms with Crippen LogP contribution in [0.25, 0.3) is 0 Å². The molecule has 142 valence electrons. The second kappa shape index (κ2) is 9.53. The Morgan fingerprint density at radius 2 is 1.72 bits per heavy atom. The minimum absolute atomic E-state index is 0.0522. The van der Waals surface area contributed by atoms with Crippen LogP contribution in [0.3, 0.4) is 0 Å². The first-order valence-corrected chi connectivity index (χ1v) is 10.9. The van der Waals surface area contributed by atoms with Gasteiger partial charge in [-0.25, -0.2) is 13.1 Å². The number of nitrogens with zero attached hydrogens (tertiary/aromatic N) is 1. The van der Waals surface area contributed by atoms with Gasteiger partial charge in [-0.1, -0.05) is 56.0 Å². The fourth-order valence-corrected chi connectivity index (χ4v) is 5.53. The summed E-state index contributed by atoms with van der Waals surface area (Å²) in [5, 5.41) is 0.260. The molecular formula is C17H26Cl2N2O3S. The number of sulfonamides is 1. The first-order chi connectivity index (χ1) is 11.9. The molecule has 1 aromatic carbocycles. The molecule has 1 atom stereocenters. The lowest BCUT2D eigenvalue weighted by atomic mass is 9.92. The van der Waals surface area contributed by atoms with Crippen LogP contribution < -0.4 is 4.72 Å². The predicted molar refractivity (Wildman–Crippen MR) is 102 cm³/mol. The third-order valence-corrected chi connectivity index (χ3v) is 7.16. The Labute approximate surface area is 160 Å². The second-order valence-electron chi connectivity index (χ2n) is 6.19. The fourth-order valence-electron chi connectivity index (χ4n) is 3.34. The number of ether oxygens (including phenoxy) is 1. The van der Waals surface area contributed by atoms with Crippen LogP contribution in [0.2, 0.25) is 10.0 Å². The molecule has 0 amide bonds. The van der Waals surface area contributed by atoms with Crippen molar-refractivity contribution < 1.29 is 13.2 Å². The summed E-state index contributed by atoms with van der Waals surface area (Å²) in [4.78, 5) is 2.27. The summed E-state index contributed by atoms with van der Waals surface area (Å²) in [6.07, 6.45) is 1.99. The molecule has 0 saturated carbocycles. The third kappa shape index (κ3) is 5.31. The molecule has 5 nitrogen and oxygen atoms in total. The van der Waals surface area contributed by atoms with Crippen LogP contribution in [0.5, 0.6) is 0 Å². The molecule has 0 radical (unpaired) electrons. The number of benzene rings is 1. The number of hydrogen-bond donors (Lipinski definition) is 1. The summed E-state index contributed by atoms with van der Waals surface area (Å²) in [5.74, 6) is 0.405. The Morgan fingerprint density at radius 3 is 2.24 bits per heavy atom. The van der Waals surface area contributed by atoms with Crippen LogP contribution in [-0.4, -0.2) is 52.2 Å². The van der Waals surface area contributed by atoms with Crippen LogP contribution in [0.15, 0.2) is 23.1 Å². The number of halogens is 2. The Morgan fingerprint density at radius 1 is 1.16 bits per heavy atom. The maximum Gasteiger partial charge on any atom is 0.243 e. The van der Waals surface area contributed by atoms with Gasteiger partial charge < -0.3 is 4.74 Å². The molecular weight excluding hydrogens is 383 g/mol. The van der Waals surface area contributed by atoms with E-state index in [2.05, 4.69) is 23.5 Å². The molecule has 1 unspecified atom stereocenters. The minimum Gasteiger partial charge on any atom is -0.379 e. The average molecular weight is 409 g/mol. The van der Waals surface area contributed by atoms with E-state index < -0.39 is 10.0 Å². The molecule has 2 rings (SSSR count). The van der Waals surface area contributed by atoms with E-state index in [1.807, 2.05) is 0 Å². The van der Waals surface area contributed by atoms with Crippen LogP contribution in [-0.2, 0) is 14.8 Å². The van der Waals surface area contributed by atoms with E-state index in [0.29, 0.717) is 25.7 Å². The quantitative estimate of drug-likeness (QED) is 0.715. The van der Waals surface area contributed by atoms with Crippen LogP contribution >= 0.6 is 23.2 Å². The lowest BCUT2D eigenvalue weighted by Crippen LogP contribution is -2.52. The van der Waals surface area contributed by atoms with Gasteiger partial charge in [0.05, 0.1) is 23.3 Å². The van der Waals surface area contributed by atoms with E-state index in [1.165, 1.54) is 12.1 Å². The van der Waals surface area contributed by atoms with Gasteiger partial charge in [-0.3, -0.25) is 4.90 Å². The Balaban J connectivity index is 2.18. The molecule has 1 aromatic rings. The Kier molecular flexibility index (Phi) is 7.98. The molecule has 1 aliphatic rings. The maximum absolute atomic E-state index is 12.7. The smallest absolute Gasteiger partial charge is 0.243 e. The summed E-state index contributed by atoms with van der Waals surface area (Å²) in [6.45, 7) is 7.60. The minimum atomic E-state index is -3.78. The Bertz CT molecular complexity index is 640. The summed E-state index contributed by atoms with van der Waals surface area (Å²) in [6, 6.07) is 4.81. The molecule has 1 aliphatic heterocycles. The summed E-state index contributed by atoms with van der Waals surface area (Å²) >= 11 is 12.1. The standard InChI is InChI=1S/C17H26Cl2N2O3S/c1-3-13(4-2)16(21-8-10-24-11-9-21)12-20-25(22,23)17-14(18)6-5-7-15(17)19/h5-7,13,16,20H,3-4,8-12H2,1-2H3. The van der Waals surface area contributed by atoms with Crippen molar-refractivity contribution in [2.45, 2.75) is 37.6 Å². The SMILES string of the molecule is CCC(CC)C(CNS(=O)(=O)c1c(Cl)cccc1Cl)N1CCOCC1. The molecule has 25 heavy (non-hydrogen) atoms. The Hall–Kier alpha value is -0.370. The summed E-state index contributed by atoms with van der Waals surface area (Å²) in [5.41, 5.74) is 0. The maximum atomic E-state index is 12.7. The van der Waals surface area contributed by atoms with E-state index in [0.717, 1.165) is 25.9 Å². The van der Waals surface area contributed by atoms with Gasteiger partial charge in [0.15, 0.2) is 0 Å². The van der Waals surface area contributed by atoms with Crippen molar-refractivity contribution in [3.63, 3.8) is 0 Å². The zero-order valence-corrected chi connectivity index (χ0v) is 17.0. The highest BCUT2D eigenvalue weighted by Crippen LogP contribution is 2.29. The van der Waals surface area contributed by atoms with Crippen molar-refractivity contribution in [3.05, 3.63) is 28.2 Å². The van der Waals surface area contributed by atoms with Crippen LogP contribution in [0.1, 0.15) is 26.7 Å². The van der Waals surface area contributed by atoms with Crippen molar-refractivity contribution in [2.75, 3.05) is 32.8 Å². The normalized spacial score (nSPS) is 17.8. The van der Waals surface area contributed by atoms with Gasteiger partial charge in [-0.05, 0) is 18.1 Å². The predicted octanol–water partition coefficient (Wildman–Crippen LogP) is 3.41. The van der Waals surface area contributed by atoms with E-state index >= 15 is 0 Å². The van der Waals surface area contributed by atoms with Gasteiger partial charge in [0.2, 0.25) is 10.0 Å². The highest BCUT2D eigenvalue weighted by atomic mass is 35.5. The molecule has 8 heteroatoms. The van der Waals surface area contributed by atoms with E-state index in [9.17, 15) is 8.42 Å². The highest BCUT2D eigenvalue weighted by Gasteiger charge is 2.29. The van der Waals surface area contributed by atoms with Crippen molar-refractivity contribution in [3.8, 4) is 0 Å². The summed E-state index contributed by atoms with van der Waals surface area (Å²) in [7, 11) is -3.78. The van der Waals surface area contributed by atoms with Gasteiger partial charge in [0, 0.05) is 25.7 Å². The number of rotatable bonds is 8. The number of nitrogens with one attached hydrogen (secondary N) is 1. The second-order valence-corrected chi connectivity index (χ2v) is 8.71. The monoisotopic (exact) mass is 408 g/mol. The van der Waals surface area contributed by atoms with Crippen LogP contribution in [0.4, 0.5) is 0 Å². The van der Waals surface area contributed by atoms with Gasteiger partial charge in [-0.2, -0.15) is 0 Å². The molecule has 1 fully saturated rings. The van der Waals surface area contributed by atoms with Crippen LogP contribution in [0, 0.1) is 5.92 Å². The third-order valence-electron chi connectivity index (χ3n) is 4.78. The molecule has 1 heterocycles. The van der Waals surface area contributed by atoms with Gasteiger partial charge in [0.25, 0.3) is 0 Å². The lowest BCUT2D eigenvalue weighted by molar-refractivity contribution is 0.00297. The molecule has 1 N–H and O–H groups in total.